The minimum atomic E-state index is -1.62. The topological polar surface area (TPSA) is 34.9 Å². The zero-order valence-corrected chi connectivity index (χ0v) is 11.4. The van der Waals surface area contributed by atoms with Gasteiger partial charge in [0.1, 0.15) is 5.69 Å². The van der Waals surface area contributed by atoms with E-state index in [0.717, 1.165) is 0 Å². The van der Waals surface area contributed by atoms with E-state index in [9.17, 15) is 18.0 Å². The summed E-state index contributed by atoms with van der Waals surface area (Å²) in [5.41, 5.74) is -0.322. The number of nitrogens with zero attached hydrogens (tertiary/aromatic N) is 2. The number of carbonyl (C=O) groups excluding carboxylic acids is 1. The molecule has 0 saturated carbocycles. The van der Waals surface area contributed by atoms with Crippen molar-refractivity contribution in [1.82, 2.24) is 9.78 Å². The molecule has 0 fully saturated rings. The maximum atomic E-state index is 13.2. The smallest absolute Gasteiger partial charge is 0.212 e. The summed E-state index contributed by atoms with van der Waals surface area (Å²) in [6.45, 7) is 3.54. The summed E-state index contributed by atoms with van der Waals surface area (Å²) in [7, 11) is 0. The molecule has 20 heavy (non-hydrogen) atoms. The van der Waals surface area contributed by atoms with E-state index < -0.39 is 23.2 Å². The number of hydrogen-bond donors (Lipinski definition) is 0. The first kappa shape index (κ1) is 14.6. The number of hydrogen-bond acceptors (Lipinski definition) is 2. The van der Waals surface area contributed by atoms with Gasteiger partial charge < -0.3 is 0 Å². The van der Waals surface area contributed by atoms with E-state index in [1.54, 1.807) is 13.8 Å². The third-order valence-electron chi connectivity index (χ3n) is 2.70. The van der Waals surface area contributed by atoms with Gasteiger partial charge in [0.15, 0.2) is 17.5 Å². The van der Waals surface area contributed by atoms with Gasteiger partial charge in [-0.15, -0.1) is 0 Å². The van der Waals surface area contributed by atoms with Crippen LogP contribution in [0, 0.1) is 17.5 Å². The van der Waals surface area contributed by atoms with Crippen LogP contribution in [0.3, 0.4) is 0 Å². The van der Waals surface area contributed by atoms with Gasteiger partial charge in [-0.25, -0.2) is 13.2 Å². The fraction of sp³-hybridized carbons (Fsp3) is 0.231. The Kier molecular flexibility index (Phi) is 3.85. The summed E-state index contributed by atoms with van der Waals surface area (Å²) in [6, 6.07) is 1.10. The first-order chi connectivity index (χ1) is 9.32. The van der Waals surface area contributed by atoms with Crippen LogP contribution >= 0.6 is 11.6 Å². The SMILES string of the molecule is CC(C)n1ncc(Cl)c1C(=O)c1cc(F)c(F)c(F)c1. The molecule has 1 aromatic heterocycles. The highest BCUT2D eigenvalue weighted by Gasteiger charge is 2.23. The van der Waals surface area contributed by atoms with Gasteiger partial charge in [0.05, 0.1) is 11.2 Å². The summed E-state index contributed by atoms with van der Waals surface area (Å²) in [5, 5.41) is 3.99. The molecule has 3 nitrogen and oxygen atoms in total. The molecule has 0 amide bonds. The molecule has 0 aliphatic carbocycles. The number of benzene rings is 1. The molecular formula is C13H10ClF3N2O. The molecule has 0 saturated heterocycles. The monoisotopic (exact) mass is 302 g/mol. The standard InChI is InChI=1S/C13H10ClF3N2O/c1-6(2)19-12(8(14)5-18-19)13(20)7-3-9(15)11(17)10(16)4-7/h3-6H,1-2H3. The second-order valence-corrected chi connectivity index (χ2v) is 4.87. The van der Waals surface area contributed by atoms with Crippen molar-refractivity contribution in [2.45, 2.75) is 19.9 Å². The third-order valence-corrected chi connectivity index (χ3v) is 2.98. The van der Waals surface area contributed by atoms with Crippen LogP contribution in [0.4, 0.5) is 13.2 Å². The van der Waals surface area contributed by atoms with Crippen molar-refractivity contribution >= 4 is 17.4 Å². The van der Waals surface area contributed by atoms with Gasteiger partial charge in [0.2, 0.25) is 5.78 Å². The lowest BCUT2D eigenvalue weighted by atomic mass is 10.1. The molecule has 0 radical (unpaired) electrons. The highest BCUT2D eigenvalue weighted by molar-refractivity contribution is 6.34. The van der Waals surface area contributed by atoms with Crippen molar-refractivity contribution in [1.29, 1.82) is 0 Å². The Hall–Kier alpha value is -1.82. The molecule has 106 valence electrons. The Labute approximate surface area is 118 Å². The van der Waals surface area contributed by atoms with E-state index in [-0.39, 0.29) is 22.3 Å². The van der Waals surface area contributed by atoms with Crippen LogP contribution in [0.25, 0.3) is 0 Å². The fourth-order valence-corrected chi connectivity index (χ4v) is 1.98. The van der Waals surface area contributed by atoms with Crippen molar-refractivity contribution in [3.8, 4) is 0 Å². The van der Waals surface area contributed by atoms with Crippen LogP contribution < -0.4 is 0 Å². The normalized spacial score (nSPS) is 11.2. The molecule has 0 bridgehead atoms. The minimum absolute atomic E-state index is 0.00655. The largest absolute Gasteiger partial charge is 0.287 e. The average Bonchev–Trinajstić information content (AvgIpc) is 2.76. The minimum Gasteiger partial charge on any atom is -0.287 e. The molecule has 2 rings (SSSR count). The average molecular weight is 303 g/mol. The Morgan fingerprint density at radius 3 is 2.30 bits per heavy atom. The molecule has 0 N–H and O–H groups in total. The lowest BCUT2D eigenvalue weighted by Crippen LogP contribution is -2.14. The quantitative estimate of drug-likeness (QED) is 0.639. The summed E-state index contributed by atoms with van der Waals surface area (Å²) < 4.78 is 40.6. The predicted octanol–water partition coefficient (Wildman–Crippen LogP) is 3.77. The van der Waals surface area contributed by atoms with E-state index in [1.807, 2.05) is 0 Å². The summed E-state index contributed by atoms with van der Waals surface area (Å²) in [6.07, 6.45) is 1.27. The van der Waals surface area contributed by atoms with Gasteiger partial charge in [-0.3, -0.25) is 9.48 Å². The zero-order valence-electron chi connectivity index (χ0n) is 10.6. The third kappa shape index (κ3) is 2.43. The lowest BCUT2D eigenvalue weighted by molar-refractivity contribution is 0.102. The van der Waals surface area contributed by atoms with Gasteiger partial charge in [-0.05, 0) is 26.0 Å². The van der Waals surface area contributed by atoms with E-state index in [1.165, 1.54) is 10.9 Å². The molecule has 7 heteroatoms. The first-order valence-electron chi connectivity index (χ1n) is 5.75. The van der Waals surface area contributed by atoms with Crippen molar-refractivity contribution in [2.75, 3.05) is 0 Å². The van der Waals surface area contributed by atoms with Crippen molar-refractivity contribution in [3.05, 3.63) is 52.1 Å². The maximum Gasteiger partial charge on any atom is 0.212 e. The first-order valence-corrected chi connectivity index (χ1v) is 6.13. The predicted molar refractivity (Wildman–Crippen MR) is 67.4 cm³/mol. The Bertz CT molecular complexity index is 659. The number of ketones is 1. The highest BCUT2D eigenvalue weighted by Crippen LogP contribution is 2.23. The van der Waals surface area contributed by atoms with Crippen molar-refractivity contribution < 1.29 is 18.0 Å². The lowest BCUT2D eigenvalue weighted by Gasteiger charge is -2.10. The summed E-state index contributed by atoms with van der Waals surface area (Å²) >= 11 is 5.88. The second-order valence-electron chi connectivity index (χ2n) is 4.46. The molecule has 0 aliphatic heterocycles. The van der Waals surface area contributed by atoms with E-state index in [2.05, 4.69) is 5.10 Å². The Balaban J connectivity index is 2.55. The van der Waals surface area contributed by atoms with Crippen LogP contribution in [0.5, 0.6) is 0 Å². The summed E-state index contributed by atoms with van der Waals surface area (Å²) in [5.74, 6) is -5.20. The van der Waals surface area contributed by atoms with Crippen LogP contribution in [0.1, 0.15) is 35.9 Å². The molecule has 1 heterocycles. The number of aromatic nitrogens is 2. The van der Waals surface area contributed by atoms with Gasteiger partial charge in [-0.2, -0.15) is 5.10 Å². The molecule has 0 atom stereocenters. The molecule has 0 unspecified atom stereocenters. The van der Waals surface area contributed by atoms with Crippen LogP contribution in [-0.4, -0.2) is 15.6 Å². The molecule has 1 aromatic carbocycles. The number of halogens is 4. The van der Waals surface area contributed by atoms with Gasteiger partial charge in [-0.1, -0.05) is 11.6 Å². The van der Waals surface area contributed by atoms with Crippen molar-refractivity contribution in [2.24, 2.45) is 0 Å². The van der Waals surface area contributed by atoms with Gasteiger partial charge >= 0.3 is 0 Å². The highest BCUT2D eigenvalue weighted by atomic mass is 35.5. The van der Waals surface area contributed by atoms with E-state index >= 15 is 0 Å². The van der Waals surface area contributed by atoms with Gasteiger partial charge in [0, 0.05) is 11.6 Å². The second kappa shape index (κ2) is 5.28. The van der Waals surface area contributed by atoms with Crippen LogP contribution in [0.15, 0.2) is 18.3 Å². The van der Waals surface area contributed by atoms with Crippen LogP contribution in [-0.2, 0) is 0 Å². The van der Waals surface area contributed by atoms with E-state index in [4.69, 9.17) is 11.6 Å². The van der Waals surface area contributed by atoms with E-state index in [0.29, 0.717) is 12.1 Å². The molecular weight excluding hydrogens is 293 g/mol. The molecule has 0 aliphatic rings. The summed E-state index contributed by atoms with van der Waals surface area (Å²) in [4.78, 5) is 12.3. The Morgan fingerprint density at radius 2 is 1.80 bits per heavy atom. The molecule has 2 aromatic rings. The number of rotatable bonds is 3. The fourth-order valence-electron chi connectivity index (χ4n) is 1.77. The maximum absolute atomic E-state index is 13.2. The zero-order chi connectivity index (χ0) is 15.0. The number of carbonyl (C=O) groups is 1. The molecule has 0 spiro atoms. The van der Waals surface area contributed by atoms with Crippen LogP contribution in [0.2, 0.25) is 5.02 Å². The van der Waals surface area contributed by atoms with Gasteiger partial charge in [0.25, 0.3) is 0 Å². The Morgan fingerprint density at radius 1 is 1.25 bits per heavy atom. The van der Waals surface area contributed by atoms with Crippen molar-refractivity contribution in [3.63, 3.8) is 0 Å².